The minimum absolute atomic E-state index is 0.434. The van der Waals surface area contributed by atoms with Gasteiger partial charge in [0.1, 0.15) is 11.5 Å². The summed E-state index contributed by atoms with van der Waals surface area (Å²) < 4.78 is 10.3. The van der Waals surface area contributed by atoms with Crippen LogP contribution in [0.4, 0.5) is 0 Å². The quantitative estimate of drug-likeness (QED) is 0.738. The lowest BCUT2D eigenvalue weighted by molar-refractivity contribution is 0.112. The van der Waals surface area contributed by atoms with Gasteiger partial charge in [-0.1, -0.05) is 0 Å². The summed E-state index contributed by atoms with van der Waals surface area (Å²) >= 11 is 0. The first kappa shape index (κ1) is 10.4. The Bertz CT molecular complexity index is 537. The lowest BCUT2D eigenvalue weighted by Gasteiger charge is -2.08. The summed E-state index contributed by atoms with van der Waals surface area (Å²) in [5.41, 5.74) is 1.20. The zero-order valence-corrected chi connectivity index (χ0v) is 9.06. The highest BCUT2D eigenvalue weighted by Gasteiger charge is 2.09. The van der Waals surface area contributed by atoms with Gasteiger partial charge in [-0.25, -0.2) is 0 Å². The van der Waals surface area contributed by atoms with Gasteiger partial charge >= 0.3 is 0 Å². The van der Waals surface area contributed by atoms with E-state index in [0.717, 1.165) is 17.2 Å². The fraction of sp³-hybridized carbons (Fsp3) is 0.167. The van der Waals surface area contributed by atoms with Crippen molar-refractivity contribution in [2.45, 2.75) is 0 Å². The highest BCUT2D eigenvalue weighted by Crippen LogP contribution is 2.29. The van der Waals surface area contributed by atoms with E-state index < -0.39 is 0 Å². The van der Waals surface area contributed by atoms with E-state index in [-0.39, 0.29) is 0 Å². The molecule has 4 heteroatoms. The standard InChI is InChI=1S/C12H11NO3/c1-15-9-3-4-11-10(5-9)12(16-2)8(7-14)6-13-11/h3-7H,1-2H3. The Balaban J connectivity index is 2.77. The molecule has 82 valence electrons. The highest BCUT2D eigenvalue weighted by atomic mass is 16.5. The first-order chi connectivity index (χ1) is 7.80. The first-order valence-electron chi connectivity index (χ1n) is 4.76. The molecule has 0 N–H and O–H groups in total. The molecule has 0 atom stereocenters. The van der Waals surface area contributed by atoms with Crippen molar-refractivity contribution in [2.24, 2.45) is 0 Å². The number of aldehydes is 1. The number of hydrogen-bond acceptors (Lipinski definition) is 4. The maximum atomic E-state index is 10.8. The summed E-state index contributed by atoms with van der Waals surface area (Å²) in [7, 11) is 3.12. The number of fused-ring (bicyclic) bond motifs is 1. The number of nitrogens with zero attached hydrogens (tertiary/aromatic N) is 1. The first-order valence-corrected chi connectivity index (χ1v) is 4.76. The van der Waals surface area contributed by atoms with Crippen LogP contribution in [0.1, 0.15) is 10.4 Å². The molecule has 0 radical (unpaired) electrons. The van der Waals surface area contributed by atoms with E-state index in [1.807, 2.05) is 12.1 Å². The van der Waals surface area contributed by atoms with Crippen molar-refractivity contribution in [1.29, 1.82) is 0 Å². The van der Waals surface area contributed by atoms with Crippen molar-refractivity contribution in [1.82, 2.24) is 4.98 Å². The second kappa shape index (κ2) is 4.18. The van der Waals surface area contributed by atoms with Gasteiger partial charge in [-0.2, -0.15) is 0 Å². The maximum absolute atomic E-state index is 10.8. The van der Waals surface area contributed by atoms with Crippen molar-refractivity contribution in [3.05, 3.63) is 30.0 Å². The van der Waals surface area contributed by atoms with Crippen LogP contribution in [0.25, 0.3) is 10.9 Å². The molecule has 0 saturated heterocycles. The molecule has 0 bridgehead atoms. The molecule has 1 heterocycles. The molecule has 0 fully saturated rings. The summed E-state index contributed by atoms with van der Waals surface area (Å²) in [5, 5.41) is 0.770. The zero-order valence-electron chi connectivity index (χ0n) is 9.06. The van der Waals surface area contributed by atoms with Gasteiger partial charge in [0.2, 0.25) is 0 Å². The average molecular weight is 217 g/mol. The van der Waals surface area contributed by atoms with Gasteiger partial charge < -0.3 is 9.47 Å². The summed E-state index contributed by atoms with van der Waals surface area (Å²) in [6, 6.07) is 5.44. The van der Waals surface area contributed by atoms with E-state index in [2.05, 4.69) is 4.98 Å². The molecule has 0 aliphatic heterocycles. The van der Waals surface area contributed by atoms with Crippen molar-refractivity contribution in [2.75, 3.05) is 14.2 Å². The number of rotatable bonds is 3. The third kappa shape index (κ3) is 1.58. The van der Waals surface area contributed by atoms with Crippen molar-refractivity contribution in [3.63, 3.8) is 0 Å². The van der Waals surface area contributed by atoms with Crippen LogP contribution in [0.2, 0.25) is 0 Å². The van der Waals surface area contributed by atoms with Gasteiger partial charge in [-0.15, -0.1) is 0 Å². The molecule has 4 nitrogen and oxygen atoms in total. The van der Waals surface area contributed by atoms with Gasteiger partial charge in [0.15, 0.2) is 6.29 Å². The lowest BCUT2D eigenvalue weighted by Crippen LogP contribution is -1.94. The van der Waals surface area contributed by atoms with Crippen LogP contribution in [-0.2, 0) is 0 Å². The van der Waals surface area contributed by atoms with Gasteiger partial charge in [-0.3, -0.25) is 9.78 Å². The Morgan fingerprint density at radius 3 is 2.69 bits per heavy atom. The summed E-state index contributed by atoms with van der Waals surface area (Å²) in [6.07, 6.45) is 2.23. The van der Waals surface area contributed by atoms with Gasteiger partial charge in [0.05, 0.1) is 25.3 Å². The number of benzene rings is 1. The van der Waals surface area contributed by atoms with Gasteiger partial charge in [-0.05, 0) is 18.2 Å². The lowest BCUT2D eigenvalue weighted by atomic mass is 10.1. The van der Waals surface area contributed by atoms with E-state index in [0.29, 0.717) is 17.1 Å². The second-order valence-corrected chi connectivity index (χ2v) is 3.25. The predicted molar refractivity (Wildman–Crippen MR) is 60.2 cm³/mol. The molecular formula is C12H11NO3. The van der Waals surface area contributed by atoms with Crippen LogP contribution >= 0.6 is 0 Å². The molecule has 16 heavy (non-hydrogen) atoms. The topological polar surface area (TPSA) is 48.4 Å². The molecule has 1 aromatic heterocycles. The molecule has 2 aromatic rings. The molecule has 0 aliphatic carbocycles. The van der Waals surface area contributed by atoms with E-state index in [1.54, 1.807) is 13.2 Å². The van der Waals surface area contributed by atoms with Crippen LogP contribution < -0.4 is 9.47 Å². The fourth-order valence-corrected chi connectivity index (χ4v) is 1.60. The fourth-order valence-electron chi connectivity index (χ4n) is 1.60. The van der Waals surface area contributed by atoms with Gasteiger partial charge in [0.25, 0.3) is 0 Å². The summed E-state index contributed by atoms with van der Waals surface area (Å²) in [6.45, 7) is 0. The third-order valence-electron chi connectivity index (χ3n) is 2.38. The zero-order chi connectivity index (χ0) is 11.5. The van der Waals surface area contributed by atoms with Crippen molar-refractivity contribution < 1.29 is 14.3 Å². The number of methoxy groups -OCH3 is 2. The highest BCUT2D eigenvalue weighted by molar-refractivity contribution is 5.94. The number of ether oxygens (including phenoxy) is 2. The molecule has 0 amide bonds. The number of carbonyl (C=O) groups is 1. The number of hydrogen-bond donors (Lipinski definition) is 0. The van der Waals surface area contributed by atoms with Crippen molar-refractivity contribution >= 4 is 17.2 Å². The van der Waals surface area contributed by atoms with Crippen LogP contribution in [0.3, 0.4) is 0 Å². The van der Waals surface area contributed by atoms with Gasteiger partial charge in [0, 0.05) is 11.6 Å². The Hall–Kier alpha value is -2.10. The Morgan fingerprint density at radius 1 is 1.25 bits per heavy atom. The Morgan fingerprint density at radius 2 is 2.06 bits per heavy atom. The van der Waals surface area contributed by atoms with E-state index in [1.165, 1.54) is 13.3 Å². The molecule has 0 aliphatic rings. The van der Waals surface area contributed by atoms with E-state index >= 15 is 0 Å². The SMILES string of the molecule is COc1ccc2ncc(C=O)c(OC)c2c1. The van der Waals surface area contributed by atoms with E-state index in [4.69, 9.17) is 9.47 Å². The maximum Gasteiger partial charge on any atom is 0.155 e. The Labute approximate surface area is 92.8 Å². The second-order valence-electron chi connectivity index (χ2n) is 3.25. The van der Waals surface area contributed by atoms with E-state index in [9.17, 15) is 4.79 Å². The molecule has 1 aromatic carbocycles. The van der Waals surface area contributed by atoms with Crippen LogP contribution in [0, 0.1) is 0 Å². The van der Waals surface area contributed by atoms with Crippen molar-refractivity contribution in [3.8, 4) is 11.5 Å². The number of pyridine rings is 1. The average Bonchev–Trinajstić information content (AvgIpc) is 2.36. The molecule has 2 rings (SSSR count). The molecule has 0 unspecified atom stereocenters. The molecular weight excluding hydrogens is 206 g/mol. The summed E-state index contributed by atoms with van der Waals surface area (Å²) in [5.74, 6) is 1.23. The smallest absolute Gasteiger partial charge is 0.155 e. The van der Waals surface area contributed by atoms with Crippen LogP contribution in [0.5, 0.6) is 11.5 Å². The summed E-state index contributed by atoms with van der Waals surface area (Å²) in [4.78, 5) is 15.0. The van der Waals surface area contributed by atoms with Crippen LogP contribution in [0.15, 0.2) is 24.4 Å². The molecule has 0 spiro atoms. The number of carbonyl (C=O) groups excluding carboxylic acids is 1. The normalized spacial score (nSPS) is 10.1. The predicted octanol–water partition coefficient (Wildman–Crippen LogP) is 2.06. The number of aromatic nitrogens is 1. The monoisotopic (exact) mass is 217 g/mol. The minimum Gasteiger partial charge on any atom is -0.497 e. The minimum atomic E-state index is 0.434. The molecule has 0 saturated carbocycles. The third-order valence-corrected chi connectivity index (χ3v) is 2.38. The Kier molecular flexibility index (Phi) is 2.72. The largest absolute Gasteiger partial charge is 0.497 e. The van der Waals surface area contributed by atoms with Crippen LogP contribution in [-0.4, -0.2) is 25.5 Å².